The molecule has 0 aromatic rings. The summed E-state index contributed by atoms with van der Waals surface area (Å²) in [5.74, 6) is 2.96. The highest BCUT2D eigenvalue weighted by molar-refractivity contribution is 5.13. The van der Waals surface area contributed by atoms with Gasteiger partial charge in [-0.3, -0.25) is 4.90 Å². The second kappa shape index (κ2) is 5.42. The van der Waals surface area contributed by atoms with Gasteiger partial charge in [-0.15, -0.1) is 6.42 Å². The maximum atomic E-state index is 5.71. The van der Waals surface area contributed by atoms with Gasteiger partial charge in [0.15, 0.2) is 0 Å². The van der Waals surface area contributed by atoms with Crippen molar-refractivity contribution in [2.75, 3.05) is 13.1 Å². The second-order valence-corrected chi connectivity index (χ2v) is 5.76. The van der Waals surface area contributed by atoms with Gasteiger partial charge < -0.3 is 5.32 Å². The van der Waals surface area contributed by atoms with Crippen molar-refractivity contribution in [3.63, 3.8) is 0 Å². The summed E-state index contributed by atoms with van der Waals surface area (Å²) in [7, 11) is 0. The van der Waals surface area contributed by atoms with Crippen LogP contribution in [-0.2, 0) is 0 Å². The molecule has 2 nitrogen and oxygen atoms in total. The maximum absolute atomic E-state index is 5.71. The zero-order valence-corrected chi connectivity index (χ0v) is 12.1. The molecule has 0 radical (unpaired) electrons. The van der Waals surface area contributed by atoms with Crippen molar-refractivity contribution in [1.82, 2.24) is 10.2 Å². The number of piperazine rings is 1. The van der Waals surface area contributed by atoms with Crippen LogP contribution in [0.3, 0.4) is 0 Å². The van der Waals surface area contributed by atoms with Crippen LogP contribution >= 0.6 is 0 Å². The molecule has 1 unspecified atom stereocenters. The quantitative estimate of drug-likeness (QED) is 0.755. The fraction of sp³-hybridized carbons (Fsp3) is 0.867. The molecule has 2 heteroatoms. The molecule has 0 spiro atoms. The molecule has 1 aliphatic rings. The first kappa shape index (κ1) is 14.5. The third-order valence-corrected chi connectivity index (χ3v) is 4.52. The van der Waals surface area contributed by atoms with Gasteiger partial charge in [0.25, 0.3) is 0 Å². The summed E-state index contributed by atoms with van der Waals surface area (Å²) < 4.78 is 0. The average Bonchev–Trinajstić information content (AvgIpc) is 2.38. The van der Waals surface area contributed by atoms with Gasteiger partial charge in [0.2, 0.25) is 0 Å². The molecule has 1 saturated heterocycles. The van der Waals surface area contributed by atoms with Gasteiger partial charge >= 0.3 is 0 Å². The highest BCUT2D eigenvalue weighted by atomic mass is 15.3. The summed E-state index contributed by atoms with van der Waals surface area (Å²) in [6.07, 6.45) is 9.20. The SMILES string of the molecule is C#CC(C)(C)N1CC(CC)(CC)NCC1CC. The fourth-order valence-corrected chi connectivity index (χ4v) is 2.78. The van der Waals surface area contributed by atoms with E-state index in [1.165, 1.54) is 0 Å². The molecule has 1 rings (SSSR count). The Bertz CT molecular complexity index is 284. The Kier molecular flexibility index (Phi) is 4.63. The molecule has 17 heavy (non-hydrogen) atoms. The molecule has 98 valence electrons. The normalized spacial score (nSPS) is 25.5. The van der Waals surface area contributed by atoms with Gasteiger partial charge in [0.1, 0.15) is 0 Å². The Hall–Kier alpha value is -0.520. The van der Waals surface area contributed by atoms with Gasteiger partial charge in [-0.2, -0.15) is 0 Å². The molecule has 0 bridgehead atoms. The van der Waals surface area contributed by atoms with Gasteiger partial charge in [-0.25, -0.2) is 0 Å². The van der Waals surface area contributed by atoms with Crippen molar-refractivity contribution >= 4 is 0 Å². The summed E-state index contributed by atoms with van der Waals surface area (Å²) in [5.41, 5.74) is 0.109. The minimum Gasteiger partial charge on any atom is -0.308 e. The molecular weight excluding hydrogens is 208 g/mol. The molecule has 1 N–H and O–H groups in total. The van der Waals surface area contributed by atoms with E-state index in [4.69, 9.17) is 6.42 Å². The van der Waals surface area contributed by atoms with E-state index < -0.39 is 0 Å². The first-order valence-electron chi connectivity index (χ1n) is 6.94. The molecule has 1 atom stereocenters. The molecule has 0 aromatic carbocycles. The highest BCUT2D eigenvalue weighted by Crippen LogP contribution is 2.29. The Labute approximate surface area is 107 Å². The number of hydrogen-bond donors (Lipinski definition) is 1. The lowest BCUT2D eigenvalue weighted by Gasteiger charge is -2.52. The zero-order valence-electron chi connectivity index (χ0n) is 12.1. The number of rotatable bonds is 4. The van der Waals surface area contributed by atoms with Crippen molar-refractivity contribution in [3.05, 3.63) is 0 Å². The van der Waals surface area contributed by atoms with Crippen LogP contribution in [0.1, 0.15) is 53.9 Å². The minimum atomic E-state index is -0.141. The summed E-state index contributed by atoms with van der Waals surface area (Å²) in [6.45, 7) is 13.2. The van der Waals surface area contributed by atoms with Gasteiger partial charge in [-0.05, 0) is 33.1 Å². The van der Waals surface area contributed by atoms with Crippen LogP contribution in [0.2, 0.25) is 0 Å². The summed E-state index contributed by atoms with van der Waals surface area (Å²) in [6, 6.07) is 0.562. The third kappa shape index (κ3) is 2.84. The van der Waals surface area contributed by atoms with Crippen LogP contribution in [0.5, 0.6) is 0 Å². The Morgan fingerprint density at radius 2 is 1.94 bits per heavy atom. The van der Waals surface area contributed by atoms with Crippen LogP contribution in [0.15, 0.2) is 0 Å². The smallest absolute Gasteiger partial charge is 0.0769 e. The van der Waals surface area contributed by atoms with E-state index >= 15 is 0 Å². The molecule has 0 saturated carbocycles. The molecule has 0 aromatic heterocycles. The predicted octanol–water partition coefficient (Wildman–Crippen LogP) is 2.64. The third-order valence-electron chi connectivity index (χ3n) is 4.52. The largest absolute Gasteiger partial charge is 0.308 e. The lowest BCUT2D eigenvalue weighted by Crippen LogP contribution is -2.67. The lowest BCUT2D eigenvalue weighted by molar-refractivity contribution is 0.0204. The Morgan fingerprint density at radius 3 is 2.35 bits per heavy atom. The van der Waals surface area contributed by atoms with Crippen LogP contribution in [0.25, 0.3) is 0 Å². The van der Waals surface area contributed by atoms with Crippen LogP contribution in [0, 0.1) is 12.3 Å². The second-order valence-electron chi connectivity index (χ2n) is 5.76. The van der Waals surface area contributed by atoms with Crippen molar-refractivity contribution in [3.8, 4) is 12.3 Å². The number of nitrogens with zero attached hydrogens (tertiary/aromatic N) is 1. The van der Waals surface area contributed by atoms with E-state index in [1.807, 2.05) is 0 Å². The summed E-state index contributed by atoms with van der Waals surface area (Å²) in [5, 5.41) is 3.75. The molecule has 1 heterocycles. The summed E-state index contributed by atoms with van der Waals surface area (Å²) in [4.78, 5) is 2.52. The predicted molar refractivity (Wildman–Crippen MR) is 75.0 cm³/mol. The zero-order chi connectivity index (χ0) is 13.1. The lowest BCUT2D eigenvalue weighted by atomic mass is 9.85. The fourth-order valence-electron chi connectivity index (χ4n) is 2.78. The molecular formula is C15H28N2. The maximum Gasteiger partial charge on any atom is 0.0769 e. The van der Waals surface area contributed by atoms with Gasteiger partial charge in [0.05, 0.1) is 5.54 Å². The van der Waals surface area contributed by atoms with Gasteiger partial charge in [0, 0.05) is 24.7 Å². The van der Waals surface area contributed by atoms with E-state index in [-0.39, 0.29) is 11.1 Å². The van der Waals surface area contributed by atoms with E-state index in [0.717, 1.165) is 32.4 Å². The molecule has 0 aliphatic carbocycles. The van der Waals surface area contributed by atoms with Crippen LogP contribution < -0.4 is 5.32 Å². The molecule has 1 fully saturated rings. The topological polar surface area (TPSA) is 15.3 Å². The van der Waals surface area contributed by atoms with E-state index in [1.54, 1.807) is 0 Å². The average molecular weight is 236 g/mol. The number of hydrogen-bond acceptors (Lipinski definition) is 2. The van der Waals surface area contributed by atoms with E-state index in [9.17, 15) is 0 Å². The first-order valence-corrected chi connectivity index (χ1v) is 6.94. The minimum absolute atomic E-state index is 0.141. The van der Waals surface area contributed by atoms with Crippen molar-refractivity contribution in [2.24, 2.45) is 0 Å². The number of nitrogens with one attached hydrogen (secondary N) is 1. The number of terminal acetylenes is 1. The Morgan fingerprint density at radius 1 is 1.35 bits per heavy atom. The van der Waals surface area contributed by atoms with Crippen molar-refractivity contribution in [2.45, 2.75) is 71.0 Å². The standard InChI is InChI=1S/C15H28N2/c1-7-13-11-16-15(9-3,10-4)12-17(13)14(5,6)8-2/h2,13,16H,7,9-12H2,1,3-6H3. The van der Waals surface area contributed by atoms with Crippen LogP contribution in [0.4, 0.5) is 0 Å². The van der Waals surface area contributed by atoms with Crippen molar-refractivity contribution in [1.29, 1.82) is 0 Å². The monoisotopic (exact) mass is 236 g/mol. The van der Waals surface area contributed by atoms with E-state index in [0.29, 0.717) is 6.04 Å². The van der Waals surface area contributed by atoms with E-state index in [2.05, 4.69) is 50.8 Å². The highest BCUT2D eigenvalue weighted by Gasteiger charge is 2.41. The Balaban J connectivity index is 2.94. The molecule has 1 aliphatic heterocycles. The first-order chi connectivity index (χ1) is 7.94. The van der Waals surface area contributed by atoms with Crippen molar-refractivity contribution < 1.29 is 0 Å². The van der Waals surface area contributed by atoms with Crippen LogP contribution in [-0.4, -0.2) is 35.1 Å². The van der Waals surface area contributed by atoms with Gasteiger partial charge in [-0.1, -0.05) is 26.7 Å². The molecule has 0 amide bonds. The summed E-state index contributed by atoms with van der Waals surface area (Å²) >= 11 is 0.